The summed E-state index contributed by atoms with van der Waals surface area (Å²) in [6.45, 7) is 0. The van der Waals surface area contributed by atoms with Gasteiger partial charge < -0.3 is 5.32 Å². The number of nitrogens with zero attached hydrogens (tertiary/aromatic N) is 1. The first-order chi connectivity index (χ1) is 7.75. The van der Waals surface area contributed by atoms with Crippen molar-refractivity contribution in [1.82, 2.24) is 4.98 Å². The van der Waals surface area contributed by atoms with Crippen LogP contribution in [0.1, 0.15) is 19.3 Å². The summed E-state index contributed by atoms with van der Waals surface area (Å²) in [5.41, 5.74) is 0. The van der Waals surface area contributed by atoms with E-state index >= 15 is 0 Å². The maximum atomic E-state index is 11.8. The minimum absolute atomic E-state index is 0.0409. The van der Waals surface area contributed by atoms with Gasteiger partial charge in [-0.25, -0.2) is 4.98 Å². The maximum absolute atomic E-state index is 11.8. The van der Waals surface area contributed by atoms with Crippen molar-refractivity contribution >= 4 is 23.3 Å². The predicted molar refractivity (Wildman–Crippen MR) is 64.4 cm³/mol. The Bertz CT molecular complexity index is 400. The molecule has 1 heterocycles. The fraction of sp³-hybridized carbons (Fsp3) is 0.333. The van der Waals surface area contributed by atoms with Crippen LogP contribution in [0.3, 0.4) is 0 Å². The first-order valence-corrected chi connectivity index (χ1v) is 5.71. The summed E-state index contributed by atoms with van der Waals surface area (Å²) < 4.78 is 0. The average molecular weight is 237 g/mol. The summed E-state index contributed by atoms with van der Waals surface area (Å²) in [5, 5.41) is 3.36. The highest BCUT2D eigenvalue weighted by molar-refractivity contribution is 6.30. The van der Waals surface area contributed by atoms with E-state index in [-0.39, 0.29) is 11.8 Å². The molecule has 3 nitrogen and oxygen atoms in total. The summed E-state index contributed by atoms with van der Waals surface area (Å²) in [7, 11) is 0. The SMILES string of the molecule is O=C(Nc1ccc(Cl)cn1)C1CC=CCC1. The smallest absolute Gasteiger partial charge is 0.228 e. The van der Waals surface area contributed by atoms with E-state index in [0.29, 0.717) is 10.8 Å². The van der Waals surface area contributed by atoms with Gasteiger partial charge in [0.1, 0.15) is 5.82 Å². The number of hydrogen-bond donors (Lipinski definition) is 1. The molecule has 0 spiro atoms. The Morgan fingerprint density at radius 2 is 2.31 bits per heavy atom. The van der Waals surface area contributed by atoms with Crippen molar-refractivity contribution in [2.45, 2.75) is 19.3 Å². The molecule has 0 fully saturated rings. The monoisotopic (exact) mass is 236 g/mol. The van der Waals surface area contributed by atoms with Gasteiger partial charge in [0, 0.05) is 12.1 Å². The van der Waals surface area contributed by atoms with Gasteiger partial charge >= 0.3 is 0 Å². The van der Waals surface area contributed by atoms with Crippen LogP contribution in [-0.2, 0) is 4.79 Å². The van der Waals surface area contributed by atoms with Gasteiger partial charge in [-0.15, -0.1) is 0 Å². The largest absolute Gasteiger partial charge is 0.310 e. The maximum Gasteiger partial charge on any atom is 0.228 e. The van der Waals surface area contributed by atoms with Crippen LogP contribution in [0.15, 0.2) is 30.5 Å². The van der Waals surface area contributed by atoms with E-state index in [9.17, 15) is 4.79 Å². The molecule has 16 heavy (non-hydrogen) atoms. The molecule has 1 N–H and O–H groups in total. The first kappa shape index (κ1) is 11.1. The molecule has 0 aliphatic heterocycles. The summed E-state index contributed by atoms with van der Waals surface area (Å²) >= 11 is 5.71. The summed E-state index contributed by atoms with van der Waals surface area (Å²) in [4.78, 5) is 15.9. The summed E-state index contributed by atoms with van der Waals surface area (Å²) in [6, 6.07) is 3.42. The van der Waals surface area contributed by atoms with Crippen molar-refractivity contribution in [3.8, 4) is 0 Å². The number of carbonyl (C=O) groups is 1. The number of nitrogens with one attached hydrogen (secondary N) is 1. The Hall–Kier alpha value is -1.35. The molecule has 1 aliphatic rings. The first-order valence-electron chi connectivity index (χ1n) is 5.33. The van der Waals surface area contributed by atoms with Crippen molar-refractivity contribution in [2.75, 3.05) is 5.32 Å². The standard InChI is InChI=1S/C12H13ClN2O/c13-10-6-7-11(14-8-10)15-12(16)9-4-2-1-3-5-9/h1-2,6-9H,3-5H2,(H,14,15,16). The zero-order valence-corrected chi connectivity index (χ0v) is 9.57. The molecule has 1 aromatic rings. The van der Waals surface area contributed by atoms with Crippen molar-refractivity contribution < 1.29 is 4.79 Å². The fourth-order valence-electron chi connectivity index (χ4n) is 1.71. The predicted octanol–water partition coefficient (Wildman–Crippen LogP) is 3.03. The molecule has 0 bridgehead atoms. The molecule has 2 rings (SSSR count). The van der Waals surface area contributed by atoms with E-state index in [2.05, 4.69) is 22.5 Å². The molecule has 1 aromatic heterocycles. The molecular formula is C12H13ClN2O. The number of halogens is 1. The Morgan fingerprint density at radius 1 is 1.44 bits per heavy atom. The van der Waals surface area contributed by atoms with Crippen LogP contribution in [0.5, 0.6) is 0 Å². The lowest BCUT2D eigenvalue weighted by atomic mass is 9.94. The summed E-state index contributed by atoms with van der Waals surface area (Å²) in [5.74, 6) is 0.672. The summed E-state index contributed by atoms with van der Waals surface area (Å²) in [6.07, 6.45) is 8.41. The molecule has 1 unspecified atom stereocenters. The van der Waals surface area contributed by atoms with Crippen LogP contribution >= 0.6 is 11.6 Å². The quantitative estimate of drug-likeness (QED) is 0.802. The van der Waals surface area contributed by atoms with E-state index in [1.165, 1.54) is 6.20 Å². The zero-order valence-electron chi connectivity index (χ0n) is 8.82. The van der Waals surface area contributed by atoms with Crippen LogP contribution in [0.2, 0.25) is 5.02 Å². The highest BCUT2D eigenvalue weighted by atomic mass is 35.5. The third-order valence-corrected chi connectivity index (χ3v) is 2.84. The van der Waals surface area contributed by atoms with E-state index in [0.717, 1.165) is 19.3 Å². The third kappa shape index (κ3) is 2.83. The number of aromatic nitrogens is 1. The van der Waals surface area contributed by atoms with E-state index in [1.54, 1.807) is 12.1 Å². The molecule has 0 radical (unpaired) electrons. The lowest BCUT2D eigenvalue weighted by Crippen LogP contribution is -2.23. The van der Waals surface area contributed by atoms with Crippen molar-refractivity contribution in [3.05, 3.63) is 35.5 Å². The van der Waals surface area contributed by atoms with Crippen LogP contribution < -0.4 is 5.32 Å². The van der Waals surface area contributed by atoms with E-state index < -0.39 is 0 Å². The molecule has 1 aliphatic carbocycles. The normalized spacial score (nSPS) is 19.4. The van der Waals surface area contributed by atoms with Crippen molar-refractivity contribution in [1.29, 1.82) is 0 Å². The number of amides is 1. The van der Waals surface area contributed by atoms with E-state index in [1.807, 2.05) is 0 Å². The average Bonchev–Trinajstić information content (AvgIpc) is 2.33. The van der Waals surface area contributed by atoms with Gasteiger partial charge in [-0.3, -0.25) is 4.79 Å². The van der Waals surface area contributed by atoms with Crippen LogP contribution in [0, 0.1) is 5.92 Å². The Morgan fingerprint density at radius 3 is 2.94 bits per heavy atom. The van der Waals surface area contributed by atoms with Crippen molar-refractivity contribution in [2.24, 2.45) is 5.92 Å². The molecule has 1 amide bonds. The number of anilines is 1. The van der Waals surface area contributed by atoms with Gasteiger partial charge in [0.15, 0.2) is 0 Å². The highest BCUT2D eigenvalue weighted by Crippen LogP contribution is 2.20. The molecule has 1 atom stereocenters. The van der Waals surface area contributed by atoms with Crippen LogP contribution in [0.25, 0.3) is 0 Å². The van der Waals surface area contributed by atoms with Gasteiger partial charge in [0.2, 0.25) is 5.91 Å². The third-order valence-electron chi connectivity index (χ3n) is 2.62. The number of pyridine rings is 1. The van der Waals surface area contributed by atoms with Gasteiger partial charge in [-0.05, 0) is 31.4 Å². The van der Waals surface area contributed by atoms with Gasteiger partial charge in [0.25, 0.3) is 0 Å². The zero-order chi connectivity index (χ0) is 11.4. The molecular weight excluding hydrogens is 224 g/mol. The second-order valence-corrected chi connectivity index (χ2v) is 4.27. The van der Waals surface area contributed by atoms with Crippen molar-refractivity contribution in [3.63, 3.8) is 0 Å². The molecule has 0 aromatic carbocycles. The topological polar surface area (TPSA) is 42.0 Å². The Kier molecular flexibility index (Phi) is 3.57. The lowest BCUT2D eigenvalue weighted by Gasteiger charge is -2.16. The Labute approximate surface area is 99.5 Å². The van der Waals surface area contributed by atoms with Crippen LogP contribution in [-0.4, -0.2) is 10.9 Å². The second kappa shape index (κ2) is 5.12. The molecule has 0 saturated carbocycles. The molecule has 0 saturated heterocycles. The highest BCUT2D eigenvalue weighted by Gasteiger charge is 2.18. The number of carbonyl (C=O) groups excluding carboxylic acids is 1. The number of rotatable bonds is 2. The van der Waals surface area contributed by atoms with Crippen LogP contribution in [0.4, 0.5) is 5.82 Å². The van der Waals surface area contributed by atoms with Gasteiger partial charge in [-0.1, -0.05) is 23.8 Å². The fourth-order valence-corrected chi connectivity index (χ4v) is 1.82. The minimum Gasteiger partial charge on any atom is -0.310 e. The number of hydrogen-bond acceptors (Lipinski definition) is 2. The second-order valence-electron chi connectivity index (χ2n) is 3.83. The van der Waals surface area contributed by atoms with Gasteiger partial charge in [-0.2, -0.15) is 0 Å². The Balaban J connectivity index is 1.96. The molecule has 84 valence electrons. The number of allylic oxidation sites excluding steroid dienone is 2. The molecule has 4 heteroatoms. The van der Waals surface area contributed by atoms with E-state index in [4.69, 9.17) is 11.6 Å². The minimum atomic E-state index is 0.0409. The lowest BCUT2D eigenvalue weighted by molar-refractivity contribution is -0.120. The van der Waals surface area contributed by atoms with Gasteiger partial charge in [0.05, 0.1) is 5.02 Å².